The zero-order chi connectivity index (χ0) is 24.6. The zero-order valence-corrected chi connectivity index (χ0v) is 19.0. The van der Waals surface area contributed by atoms with E-state index in [1.807, 2.05) is 6.07 Å². The van der Waals surface area contributed by atoms with Gasteiger partial charge in [-0.15, -0.1) is 0 Å². The van der Waals surface area contributed by atoms with E-state index in [2.05, 4.69) is 12.2 Å². The number of para-hydroxylation sites is 1. The Kier molecular flexibility index (Phi) is 4.33. The Morgan fingerprint density at radius 2 is 1.25 bits per heavy atom. The summed E-state index contributed by atoms with van der Waals surface area (Å²) >= 11 is 0. The second-order valence-electron chi connectivity index (χ2n) is 9.60. The topological polar surface area (TPSA) is 84.0 Å². The Morgan fingerprint density at radius 3 is 1.97 bits per heavy atom. The van der Waals surface area contributed by atoms with Crippen LogP contribution < -0.4 is 14.5 Å². The lowest BCUT2D eigenvalue weighted by Crippen LogP contribution is -2.32. The van der Waals surface area contributed by atoms with Gasteiger partial charge in [0, 0.05) is 6.07 Å². The van der Waals surface area contributed by atoms with E-state index in [-0.39, 0.29) is 47.0 Å². The standard InChI is InChI=1S/C29H20N2O5/c32-26-22-12-11-21(15-23(22)27(33)30(26)18-5-2-1-3-6-18)36-20-8-4-7-19(14-20)31-28(34)24-16-9-10-17(13-16)25(24)29(31)35/h1-12,14-17,24-25H,13H2/t16-,17+,24-,25+. The first kappa shape index (κ1) is 20.8. The summed E-state index contributed by atoms with van der Waals surface area (Å²) in [5.74, 6) is -0.564. The van der Waals surface area contributed by atoms with Gasteiger partial charge >= 0.3 is 0 Å². The molecule has 0 spiro atoms. The monoisotopic (exact) mass is 476 g/mol. The lowest BCUT2D eigenvalue weighted by atomic mass is 9.85. The Hall–Kier alpha value is -4.52. The van der Waals surface area contributed by atoms with Crippen molar-refractivity contribution < 1.29 is 23.9 Å². The summed E-state index contributed by atoms with van der Waals surface area (Å²) in [5.41, 5.74) is 1.55. The van der Waals surface area contributed by atoms with Crippen LogP contribution >= 0.6 is 0 Å². The van der Waals surface area contributed by atoms with E-state index >= 15 is 0 Å². The predicted molar refractivity (Wildman–Crippen MR) is 131 cm³/mol. The summed E-state index contributed by atoms with van der Waals surface area (Å²) in [6.45, 7) is 0. The van der Waals surface area contributed by atoms with Crippen LogP contribution in [-0.4, -0.2) is 23.6 Å². The van der Waals surface area contributed by atoms with E-state index in [1.165, 1.54) is 4.90 Å². The van der Waals surface area contributed by atoms with Crippen LogP contribution in [0.2, 0.25) is 0 Å². The molecule has 2 bridgehead atoms. The van der Waals surface area contributed by atoms with Crippen molar-refractivity contribution in [2.24, 2.45) is 23.7 Å². The summed E-state index contributed by atoms with van der Waals surface area (Å²) in [4.78, 5) is 54.6. The molecule has 7 nitrogen and oxygen atoms in total. The average molecular weight is 476 g/mol. The molecule has 0 aromatic heterocycles. The van der Waals surface area contributed by atoms with E-state index in [0.29, 0.717) is 28.4 Å². The molecule has 1 saturated carbocycles. The number of carbonyl (C=O) groups is 4. The van der Waals surface area contributed by atoms with Crippen LogP contribution in [-0.2, 0) is 9.59 Å². The summed E-state index contributed by atoms with van der Waals surface area (Å²) in [7, 11) is 0. The molecule has 0 radical (unpaired) electrons. The van der Waals surface area contributed by atoms with Crippen LogP contribution in [0.1, 0.15) is 27.1 Å². The van der Waals surface area contributed by atoms with Crippen molar-refractivity contribution in [2.45, 2.75) is 6.42 Å². The highest BCUT2D eigenvalue weighted by atomic mass is 16.5. The number of allylic oxidation sites excluding steroid dienone is 2. The summed E-state index contributed by atoms with van der Waals surface area (Å²) in [5, 5.41) is 0. The van der Waals surface area contributed by atoms with Gasteiger partial charge in [-0.3, -0.25) is 19.2 Å². The fourth-order valence-electron chi connectivity index (χ4n) is 6.07. The van der Waals surface area contributed by atoms with Gasteiger partial charge in [0.25, 0.3) is 11.8 Å². The van der Waals surface area contributed by atoms with Crippen LogP contribution in [0, 0.1) is 23.7 Å². The SMILES string of the molecule is O=C1c2ccc(Oc3cccc(N4C(=O)[C@@H]5[C@H](C4=O)[C@@H]4C=C[C@H]5C4)c3)cc2C(=O)N1c1ccccc1. The van der Waals surface area contributed by atoms with Gasteiger partial charge in [0.05, 0.1) is 34.3 Å². The third-order valence-corrected chi connectivity index (χ3v) is 7.65. The molecule has 7 rings (SSSR count). The van der Waals surface area contributed by atoms with E-state index in [4.69, 9.17) is 4.74 Å². The molecule has 4 aliphatic rings. The number of carbonyl (C=O) groups excluding carboxylic acids is 4. The van der Waals surface area contributed by atoms with Crippen LogP contribution in [0.5, 0.6) is 11.5 Å². The molecule has 4 amide bonds. The Morgan fingerprint density at radius 1 is 0.611 bits per heavy atom. The Balaban J connectivity index is 1.15. The van der Waals surface area contributed by atoms with Crippen LogP contribution in [0.3, 0.4) is 0 Å². The maximum atomic E-state index is 13.2. The third-order valence-electron chi connectivity index (χ3n) is 7.65. The van der Waals surface area contributed by atoms with Crippen molar-refractivity contribution in [3.63, 3.8) is 0 Å². The van der Waals surface area contributed by atoms with Crippen LogP contribution in [0.15, 0.2) is 84.9 Å². The maximum absolute atomic E-state index is 13.2. The number of anilines is 2. The number of imide groups is 2. The smallest absolute Gasteiger partial charge is 0.266 e. The summed E-state index contributed by atoms with van der Waals surface area (Å²) in [6, 6.07) is 20.4. The molecule has 3 aromatic carbocycles. The number of benzene rings is 3. The quantitative estimate of drug-likeness (QED) is 0.406. The molecular weight excluding hydrogens is 456 g/mol. The molecule has 2 aliphatic carbocycles. The van der Waals surface area contributed by atoms with Crippen LogP contribution in [0.4, 0.5) is 11.4 Å². The molecular formula is C29H20N2O5. The Bertz CT molecular complexity index is 1480. The van der Waals surface area contributed by atoms with Crippen LogP contribution in [0.25, 0.3) is 0 Å². The van der Waals surface area contributed by atoms with Gasteiger partial charge in [-0.1, -0.05) is 36.4 Å². The van der Waals surface area contributed by atoms with Gasteiger partial charge in [0.1, 0.15) is 11.5 Å². The molecule has 36 heavy (non-hydrogen) atoms. The van der Waals surface area contributed by atoms with Crippen molar-refractivity contribution >= 4 is 35.0 Å². The van der Waals surface area contributed by atoms with E-state index < -0.39 is 5.91 Å². The second-order valence-corrected chi connectivity index (χ2v) is 9.60. The molecule has 0 N–H and O–H groups in total. The number of hydrogen-bond acceptors (Lipinski definition) is 5. The van der Waals surface area contributed by atoms with Gasteiger partial charge in [-0.05, 0) is 60.7 Å². The lowest BCUT2D eigenvalue weighted by Gasteiger charge is -2.18. The molecule has 2 heterocycles. The zero-order valence-electron chi connectivity index (χ0n) is 19.0. The fraction of sp³-hybridized carbons (Fsp3) is 0.172. The van der Waals surface area contributed by atoms with E-state index in [0.717, 1.165) is 11.3 Å². The van der Waals surface area contributed by atoms with Gasteiger partial charge in [-0.25, -0.2) is 9.80 Å². The predicted octanol–water partition coefficient (Wildman–Crippen LogP) is 4.59. The first-order valence-corrected chi connectivity index (χ1v) is 11.9. The van der Waals surface area contributed by atoms with Gasteiger partial charge in [0.2, 0.25) is 11.8 Å². The minimum Gasteiger partial charge on any atom is -0.457 e. The first-order chi connectivity index (χ1) is 17.5. The minimum absolute atomic E-state index is 0.142. The Labute approximate surface area is 206 Å². The van der Waals surface area contributed by atoms with Gasteiger partial charge in [0.15, 0.2) is 0 Å². The van der Waals surface area contributed by atoms with Gasteiger partial charge in [-0.2, -0.15) is 0 Å². The lowest BCUT2D eigenvalue weighted by molar-refractivity contribution is -0.123. The molecule has 4 atom stereocenters. The molecule has 176 valence electrons. The summed E-state index contributed by atoms with van der Waals surface area (Å²) in [6.07, 6.45) is 5.02. The molecule has 2 fully saturated rings. The van der Waals surface area contributed by atoms with Crippen molar-refractivity contribution in [3.05, 3.63) is 96.1 Å². The highest BCUT2D eigenvalue weighted by molar-refractivity contribution is 6.34. The van der Waals surface area contributed by atoms with Gasteiger partial charge < -0.3 is 4.74 Å². The molecule has 1 saturated heterocycles. The largest absolute Gasteiger partial charge is 0.457 e. The van der Waals surface area contributed by atoms with E-state index in [1.54, 1.807) is 66.7 Å². The molecule has 2 aliphatic heterocycles. The van der Waals surface area contributed by atoms with E-state index in [9.17, 15) is 19.2 Å². The third kappa shape index (κ3) is 2.86. The minimum atomic E-state index is -0.413. The maximum Gasteiger partial charge on any atom is 0.266 e. The highest BCUT2D eigenvalue weighted by Crippen LogP contribution is 2.53. The number of ether oxygens (including phenoxy) is 1. The van der Waals surface area contributed by atoms with Crippen molar-refractivity contribution in [1.82, 2.24) is 0 Å². The average Bonchev–Trinajstić information content (AvgIpc) is 3.63. The second kappa shape index (κ2) is 7.49. The van der Waals surface area contributed by atoms with Crippen molar-refractivity contribution in [2.75, 3.05) is 9.80 Å². The first-order valence-electron chi connectivity index (χ1n) is 11.9. The number of hydrogen-bond donors (Lipinski definition) is 0. The summed E-state index contributed by atoms with van der Waals surface area (Å²) < 4.78 is 6.00. The highest BCUT2D eigenvalue weighted by Gasteiger charge is 2.59. The number of rotatable bonds is 4. The van der Waals surface area contributed by atoms with Crippen molar-refractivity contribution in [3.8, 4) is 11.5 Å². The van der Waals surface area contributed by atoms with Crippen molar-refractivity contribution in [1.29, 1.82) is 0 Å². The molecule has 0 unspecified atom stereocenters. The molecule has 3 aromatic rings. The number of amides is 4. The normalized spacial score (nSPS) is 25.7. The number of nitrogens with zero attached hydrogens (tertiary/aromatic N) is 2. The fourth-order valence-corrected chi connectivity index (χ4v) is 6.07. The molecule has 7 heteroatoms. The number of fused-ring (bicyclic) bond motifs is 6.